The number of carbonyl (C=O) groups is 2. The largest absolute Gasteiger partial charge is 0.273 e. The lowest BCUT2D eigenvalue weighted by molar-refractivity contribution is -0.121. The van der Waals surface area contributed by atoms with Gasteiger partial charge in [-0.05, 0) is 39.5 Å². The lowest BCUT2D eigenvalue weighted by Gasteiger charge is -2.03. The fourth-order valence-electron chi connectivity index (χ4n) is 2.01. The Morgan fingerprint density at radius 1 is 0.696 bits per heavy atom. The molecule has 0 saturated heterocycles. The third-order valence-electron chi connectivity index (χ3n) is 3.27. The first-order chi connectivity index (χ1) is 11.0. The minimum Gasteiger partial charge on any atom is -0.273 e. The van der Waals surface area contributed by atoms with Crippen LogP contribution in [0.2, 0.25) is 0 Å². The summed E-state index contributed by atoms with van der Waals surface area (Å²) in [5.74, 6) is -0.130. The van der Waals surface area contributed by atoms with Crippen LogP contribution < -0.4 is 10.9 Å². The number of rotatable bonds is 12. The molecule has 0 bridgehead atoms. The van der Waals surface area contributed by atoms with Gasteiger partial charge in [0, 0.05) is 24.3 Å². The van der Waals surface area contributed by atoms with Gasteiger partial charge in [0.25, 0.3) is 0 Å². The summed E-state index contributed by atoms with van der Waals surface area (Å²) in [6.07, 6.45) is 7.10. The Kier molecular flexibility index (Phi) is 12.9. The van der Waals surface area contributed by atoms with Crippen molar-refractivity contribution >= 4 is 23.2 Å². The maximum absolute atomic E-state index is 11.6. The summed E-state index contributed by atoms with van der Waals surface area (Å²) >= 11 is 0. The van der Waals surface area contributed by atoms with Gasteiger partial charge >= 0.3 is 0 Å². The molecule has 0 heterocycles. The molecule has 0 fully saturated rings. The van der Waals surface area contributed by atoms with Gasteiger partial charge in [-0.25, -0.2) is 10.9 Å². The maximum Gasteiger partial charge on any atom is 0.240 e. The van der Waals surface area contributed by atoms with E-state index in [9.17, 15) is 9.59 Å². The van der Waals surface area contributed by atoms with Crippen molar-refractivity contribution in [3.05, 3.63) is 0 Å². The first-order valence-electron chi connectivity index (χ1n) is 8.63. The normalized spacial score (nSPS) is 12.2. The molecule has 0 aromatic rings. The van der Waals surface area contributed by atoms with Gasteiger partial charge in [-0.15, -0.1) is 0 Å². The van der Waals surface area contributed by atoms with Gasteiger partial charge in [0.1, 0.15) is 0 Å². The molecule has 23 heavy (non-hydrogen) atoms. The van der Waals surface area contributed by atoms with Gasteiger partial charge in [-0.3, -0.25) is 9.59 Å². The molecule has 0 aromatic heterocycles. The smallest absolute Gasteiger partial charge is 0.240 e. The minimum absolute atomic E-state index is 0.0651. The molecule has 6 nitrogen and oxygen atoms in total. The Labute approximate surface area is 140 Å². The topological polar surface area (TPSA) is 82.9 Å². The average Bonchev–Trinajstić information content (AvgIpc) is 2.51. The minimum atomic E-state index is -0.0651. The zero-order valence-corrected chi connectivity index (χ0v) is 15.1. The molecule has 0 saturated carbocycles. The quantitative estimate of drug-likeness (QED) is 0.327. The molecule has 0 aromatic carbocycles. The van der Waals surface area contributed by atoms with Crippen molar-refractivity contribution in [2.75, 3.05) is 0 Å². The predicted molar refractivity (Wildman–Crippen MR) is 95.4 cm³/mol. The van der Waals surface area contributed by atoms with Crippen LogP contribution in [-0.4, -0.2) is 23.2 Å². The van der Waals surface area contributed by atoms with Gasteiger partial charge < -0.3 is 0 Å². The van der Waals surface area contributed by atoms with Crippen molar-refractivity contribution in [1.82, 2.24) is 10.9 Å². The van der Waals surface area contributed by atoms with E-state index >= 15 is 0 Å². The van der Waals surface area contributed by atoms with E-state index < -0.39 is 0 Å². The number of carbonyl (C=O) groups excluding carboxylic acids is 2. The van der Waals surface area contributed by atoms with Crippen molar-refractivity contribution in [1.29, 1.82) is 0 Å². The summed E-state index contributed by atoms with van der Waals surface area (Å²) in [4.78, 5) is 23.1. The highest BCUT2D eigenvalue weighted by Crippen LogP contribution is 2.03. The molecule has 2 N–H and O–H groups in total. The van der Waals surface area contributed by atoms with Crippen LogP contribution in [0.3, 0.4) is 0 Å². The van der Waals surface area contributed by atoms with E-state index in [0.717, 1.165) is 56.4 Å². The summed E-state index contributed by atoms with van der Waals surface area (Å²) in [6.45, 7) is 7.97. The number of nitrogens with zero attached hydrogens (tertiary/aromatic N) is 2. The van der Waals surface area contributed by atoms with Crippen molar-refractivity contribution in [2.24, 2.45) is 10.2 Å². The van der Waals surface area contributed by atoms with E-state index in [2.05, 4.69) is 34.9 Å². The van der Waals surface area contributed by atoms with E-state index in [1.54, 1.807) is 0 Å². The fourth-order valence-corrected chi connectivity index (χ4v) is 2.01. The van der Waals surface area contributed by atoms with Crippen LogP contribution >= 0.6 is 0 Å². The number of amides is 2. The Morgan fingerprint density at radius 2 is 1.09 bits per heavy atom. The second-order valence-electron chi connectivity index (χ2n) is 5.82. The highest BCUT2D eigenvalue weighted by atomic mass is 16.2. The summed E-state index contributed by atoms with van der Waals surface area (Å²) in [7, 11) is 0. The number of unbranched alkanes of at least 4 members (excludes halogenated alkanes) is 2. The summed E-state index contributed by atoms with van der Waals surface area (Å²) in [6, 6.07) is 0. The Hall–Kier alpha value is -1.72. The first kappa shape index (κ1) is 21.3. The third kappa shape index (κ3) is 13.7. The molecule has 132 valence electrons. The van der Waals surface area contributed by atoms with E-state index in [4.69, 9.17) is 0 Å². The van der Waals surface area contributed by atoms with Crippen molar-refractivity contribution in [3.8, 4) is 0 Å². The summed E-state index contributed by atoms with van der Waals surface area (Å²) in [5, 5.41) is 8.07. The summed E-state index contributed by atoms with van der Waals surface area (Å²) < 4.78 is 0. The number of hydrogen-bond donors (Lipinski definition) is 2. The lowest BCUT2D eigenvalue weighted by Crippen LogP contribution is -2.19. The molecular weight excluding hydrogens is 292 g/mol. The molecular formula is C17H32N4O2. The molecule has 0 aliphatic rings. The number of hydrogen-bond acceptors (Lipinski definition) is 4. The van der Waals surface area contributed by atoms with E-state index in [0.29, 0.717) is 12.8 Å². The SMILES string of the molecule is CCC/C(C)=N/NC(=O)CCCCCC(=O)N/N=C(\C)CCC. The summed E-state index contributed by atoms with van der Waals surface area (Å²) in [5.41, 5.74) is 7.01. The van der Waals surface area contributed by atoms with E-state index in [-0.39, 0.29) is 11.8 Å². The second kappa shape index (κ2) is 13.9. The third-order valence-corrected chi connectivity index (χ3v) is 3.27. The zero-order chi connectivity index (χ0) is 17.5. The van der Waals surface area contributed by atoms with Gasteiger partial charge in [-0.2, -0.15) is 10.2 Å². The van der Waals surface area contributed by atoms with Crippen molar-refractivity contribution in [2.45, 2.75) is 85.5 Å². The van der Waals surface area contributed by atoms with Gasteiger partial charge in [0.2, 0.25) is 11.8 Å². The Morgan fingerprint density at radius 3 is 1.43 bits per heavy atom. The van der Waals surface area contributed by atoms with Crippen LogP contribution in [0.15, 0.2) is 10.2 Å². The first-order valence-corrected chi connectivity index (χ1v) is 8.63. The molecule has 0 atom stereocenters. The molecule has 0 radical (unpaired) electrons. The Bertz CT molecular complexity index is 379. The van der Waals surface area contributed by atoms with E-state index in [1.165, 1.54) is 0 Å². The fraction of sp³-hybridized carbons (Fsp3) is 0.765. The van der Waals surface area contributed by atoms with Gasteiger partial charge in [0.05, 0.1) is 0 Å². The molecule has 2 amide bonds. The molecule has 0 unspecified atom stereocenters. The monoisotopic (exact) mass is 324 g/mol. The van der Waals surface area contributed by atoms with Crippen LogP contribution in [0.1, 0.15) is 85.5 Å². The highest BCUT2D eigenvalue weighted by Gasteiger charge is 2.03. The molecule has 0 aliphatic carbocycles. The number of nitrogens with one attached hydrogen (secondary N) is 2. The maximum atomic E-state index is 11.6. The standard InChI is InChI=1S/C17H32N4O2/c1-5-10-14(3)18-20-16(22)12-8-7-9-13-17(23)21-19-15(4)11-6-2/h5-13H2,1-4H3,(H,20,22)(H,21,23)/b18-14+,19-15+. The van der Waals surface area contributed by atoms with Crippen LogP contribution in [0.4, 0.5) is 0 Å². The second-order valence-corrected chi connectivity index (χ2v) is 5.82. The lowest BCUT2D eigenvalue weighted by atomic mass is 10.1. The predicted octanol–water partition coefficient (Wildman–Crippen LogP) is 3.52. The molecule has 0 rings (SSSR count). The van der Waals surface area contributed by atoms with Crippen molar-refractivity contribution in [3.63, 3.8) is 0 Å². The van der Waals surface area contributed by atoms with Gasteiger partial charge in [0.15, 0.2) is 0 Å². The molecule has 0 aliphatic heterocycles. The molecule has 0 spiro atoms. The van der Waals surface area contributed by atoms with Crippen LogP contribution in [0, 0.1) is 0 Å². The number of hydrazone groups is 2. The highest BCUT2D eigenvalue weighted by molar-refractivity contribution is 5.84. The van der Waals surface area contributed by atoms with Crippen LogP contribution in [-0.2, 0) is 9.59 Å². The van der Waals surface area contributed by atoms with Crippen molar-refractivity contribution < 1.29 is 9.59 Å². The van der Waals surface area contributed by atoms with Crippen LogP contribution in [0.5, 0.6) is 0 Å². The van der Waals surface area contributed by atoms with Crippen LogP contribution in [0.25, 0.3) is 0 Å². The Balaban J connectivity index is 3.68. The molecule has 6 heteroatoms. The van der Waals surface area contributed by atoms with E-state index in [1.807, 2.05) is 13.8 Å². The average molecular weight is 324 g/mol. The van der Waals surface area contributed by atoms with Gasteiger partial charge in [-0.1, -0.05) is 33.1 Å². The zero-order valence-electron chi connectivity index (χ0n) is 15.1.